The molecule has 4 heteroatoms. The van der Waals surface area contributed by atoms with Crippen molar-refractivity contribution in [3.63, 3.8) is 0 Å². The molecule has 10 aromatic carbocycles. The van der Waals surface area contributed by atoms with E-state index in [1.165, 1.54) is 74.0 Å². The Bertz CT molecular complexity index is 3800. The summed E-state index contributed by atoms with van der Waals surface area (Å²) in [5.41, 5.74) is 5.99. The SMILES string of the molecule is c1ccc2c(c1)ccc1nc(-c3cccc4sc5ccccc5c34)c(-n3c4ccc5c6ccccc6c6ccccc6c5c4c4ccc5ccccc5c43)nc12. The van der Waals surface area contributed by atoms with Gasteiger partial charge in [0.15, 0.2) is 5.82 Å². The van der Waals surface area contributed by atoms with Gasteiger partial charge in [0.1, 0.15) is 5.69 Å². The third-order valence-corrected chi connectivity index (χ3v) is 13.1. The predicted molar refractivity (Wildman–Crippen MR) is 240 cm³/mol. The van der Waals surface area contributed by atoms with Gasteiger partial charge in [-0.3, -0.25) is 4.57 Å². The summed E-state index contributed by atoms with van der Waals surface area (Å²) in [7, 11) is 0. The fourth-order valence-electron chi connectivity index (χ4n) is 9.57. The quantitative estimate of drug-likeness (QED) is 0.166. The molecule has 0 aliphatic heterocycles. The Morgan fingerprint density at radius 3 is 1.77 bits per heavy atom. The van der Waals surface area contributed by atoms with E-state index in [1.54, 1.807) is 0 Å². The Kier molecular flexibility index (Phi) is 6.04. The zero-order chi connectivity index (χ0) is 36.5. The van der Waals surface area contributed by atoms with Crippen LogP contribution in [-0.4, -0.2) is 14.5 Å². The maximum absolute atomic E-state index is 5.80. The summed E-state index contributed by atoms with van der Waals surface area (Å²) in [6, 6.07) is 64.0. The lowest BCUT2D eigenvalue weighted by atomic mass is 9.91. The minimum absolute atomic E-state index is 0.831. The molecule has 0 spiro atoms. The second-order valence-electron chi connectivity index (χ2n) is 14.8. The van der Waals surface area contributed by atoms with Gasteiger partial charge >= 0.3 is 0 Å². The molecule has 3 aromatic heterocycles. The molecule has 0 fully saturated rings. The highest BCUT2D eigenvalue weighted by molar-refractivity contribution is 7.25. The zero-order valence-corrected chi connectivity index (χ0v) is 30.8. The number of aromatic nitrogens is 3. The standard InChI is InChI=1S/C52H29N3S/c1-3-14-32-30(12-1)25-28-42-49(32)54-52(50(53-42)40-21-11-23-45-46(40)39-20-9-10-22-44(39)56-45)55-43-29-27-38-36-18-6-5-16-34(36)35-17-7-8-19-37(35)47(38)48(43)41-26-24-31-13-2-4-15-33(31)51(41)55/h1-29H. The van der Waals surface area contributed by atoms with Gasteiger partial charge in [-0.15, -0.1) is 11.3 Å². The van der Waals surface area contributed by atoms with Crippen LogP contribution in [0, 0.1) is 0 Å². The summed E-state index contributed by atoms with van der Waals surface area (Å²) in [6.45, 7) is 0. The zero-order valence-electron chi connectivity index (χ0n) is 30.0. The van der Waals surface area contributed by atoms with E-state index in [4.69, 9.17) is 9.97 Å². The van der Waals surface area contributed by atoms with Gasteiger partial charge in [-0.2, -0.15) is 0 Å². The molecule has 13 rings (SSSR count). The highest BCUT2D eigenvalue weighted by Crippen LogP contribution is 2.47. The van der Waals surface area contributed by atoms with Crippen LogP contribution in [0.1, 0.15) is 0 Å². The van der Waals surface area contributed by atoms with Crippen LogP contribution >= 0.6 is 11.3 Å². The minimum atomic E-state index is 0.831. The van der Waals surface area contributed by atoms with Crippen LogP contribution in [0.5, 0.6) is 0 Å². The van der Waals surface area contributed by atoms with Crippen molar-refractivity contribution >= 4 is 118 Å². The molecular weight excluding hydrogens is 699 g/mol. The molecule has 0 atom stereocenters. The average Bonchev–Trinajstić information content (AvgIpc) is 3.82. The molecule has 56 heavy (non-hydrogen) atoms. The van der Waals surface area contributed by atoms with E-state index in [0.717, 1.165) is 49.9 Å². The van der Waals surface area contributed by atoms with E-state index in [0.29, 0.717) is 0 Å². The Morgan fingerprint density at radius 1 is 0.375 bits per heavy atom. The van der Waals surface area contributed by atoms with E-state index in [-0.39, 0.29) is 0 Å². The molecule has 3 nitrogen and oxygen atoms in total. The number of benzene rings is 10. The molecule has 0 amide bonds. The fraction of sp³-hybridized carbons (Fsp3) is 0. The summed E-state index contributed by atoms with van der Waals surface area (Å²) in [4.78, 5) is 11.5. The van der Waals surface area contributed by atoms with Gasteiger partial charge in [0, 0.05) is 52.7 Å². The van der Waals surface area contributed by atoms with Gasteiger partial charge in [-0.1, -0.05) is 152 Å². The van der Waals surface area contributed by atoms with E-state index in [9.17, 15) is 0 Å². The van der Waals surface area contributed by atoms with Crippen molar-refractivity contribution in [2.45, 2.75) is 0 Å². The summed E-state index contributed by atoms with van der Waals surface area (Å²) in [5, 5.41) is 17.1. The van der Waals surface area contributed by atoms with Crippen molar-refractivity contribution in [1.82, 2.24) is 14.5 Å². The molecule has 13 aromatic rings. The third-order valence-electron chi connectivity index (χ3n) is 11.9. The van der Waals surface area contributed by atoms with Crippen LogP contribution in [0.3, 0.4) is 0 Å². The molecule has 0 saturated heterocycles. The van der Waals surface area contributed by atoms with Crippen molar-refractivity contribution < 1.29 is 0 Å². The minimum Gasteiger partial charge on any atom is -0.291 e. The largest absolute Gasteiger partial charge is 0.291 e. The number of hydrogen-bond acceptors (Lipinski definition) is 3. The molecule has 3 heterocycles. The molecule has 0 N–H and O–H groups in total. The number of rotatable bonds is 2. The van der Waals surface area contributed by atoms with Crippen molar-refractivity contribution in [3.8, 4) is 17.1 Å². The monoisotopic (exact) mass is 727 g/mol. The first-order valence-corrected chi connectivity index (χ1v) is 19.9. The first-order chi connectivity index (χ1) is 27.8. The van der Waals surface area contributed by atoms with Crippen molar-refractivity contribution in [3.05, 3.63) is 176 Å². The van der Waals surface area contributed by atoms with E-state index in [2.05, 4.69) is 180 Å². The van der Waals surface area contributed by atoms with Crippen LogP contribution in [-0.2, 0) is 0 Å². The molecule has 258 valence electrons. The highest BCUT2D eigenvalue weighted by Gasteiger charge is 2.25. The lowest BCUT2D eigenvalue weighted by Crippen LogP contribution is -2.04. The van der Waals surface area contributed by atoms with Crippen LogP contribution in [0.2, 0.25) is 0 Å². The highest BCUT2D eigenvalue weighted by atomic mass is 32.1. The van der Waals surface area contributed by atoms with Crippen molar-refractivity contribution in [2.75, 3.05) is 0 Å². The van der Waals surface area contributed by atoms with E-state index < -0.39 is 0 Å². The third kappa shape index (κ3) is 4.01. The summed E-state index contributed by atoms with van der Waals surface area (Å²) >= 11 is 1.83. The molecular formula is C52H29N3S. The first kappa shape index (κ1) is 30.2. The van der Waals surface area contributed by atoms with E-state index >= 15 is 0 Å². The normalized spacial score (nSPS) is 12.3. The second kappa shape index (κ2) is 11.2. The Morgan fingerprint density at radius 2 is 0.964 bits per heavy atom. The van der Waals surface area contributed by atoms with Gasteiger partial charge in [-0.25, -0.2) is 9.97 Å². The lowest BCUT2D eigenvalue weighted by molar-refractivity contribution is 1.09. The maximum atomic E-state index is 5.80. The van der Waals surface area contributed by atoms with Crippen LogP contribution in [0.15, 0.2) is 176 Å². The Hall–Kier alpha value is -7.14. The Labute approximate surface area is 324 Å². The smallest absolute Gasteiger partial charge is 0.165 e. The molecule has 0 aliphatic carbocycles. The summed E-state index contributed by atoms with van der Waals surface area (Å²) in [6.07, 6.45) is 0. The van der Waals surface area contributed by atoms with Crippen LogP contribution < -0.4 is 0 Å². The summed E-state index contributed by atoms with van der Waals surface area (Å²) < 4.78 is 4.95. The second-order valence-corrected chi connectivity index (χ2v) is 15.9. The molecule has 0 bridgehead atoms. The number of hydrogen-bond donors (Lipinski definition) is 0. The van der Waals surface area contributed by atoms with Crippen molar-refractivity contribution in [1.29, 1.82) is 0 Å². The molecule has 0 saturated carbocycles. The molecule has 0 aliphatic rings. The van der Waals surface area contributed by atoms with E-state index in [1.807, 2.05) is 11.3 Å². The van der Waals surface area contributed by atoms with Gasteiger partial charge < -0.3 is 0 Å². The molecule has 0 radical (unpaired) electrons. The number of nitrogens with zero attached hydrogens (tertiary/aromatic N) is 3. The van der Waals surface area contributed by atoms with Crippen LogP contribution in [0.4, 0.5) is 0 Å². The topological polar surface area (TPSA) is 30.7 Å². The molecule has 0 unspecified atom stereocenters. The number of thiophene rings is 1. The van der Waals surface area contributed by atoms with Gasteiger partial charge in [-0.05, 0) is 62.0 Å². The maximum Gasteiger partial charge on any atom is 0.165 e. The summed E-state index contributed by atoms with van der Waals surface area (Å²) in [5.74, 6) is 0.831. The number of fused-ring (bicyclic) bond motifs is 18. The van der Waals surface area contributed by atoms with Gasteiger partial charge in [0.05, 0.1) is 22.1 Å². The van der Waals surface area contributed by atoms with Crippen molar-refractivity contribution in [2.24, 2.45) is 0 Å². The van der Waals surface area contributed by atoms with Gasteiger partial charge in [0.2, 0.25) is 0 Å². The van der Waals surface area contributed by atoms with Crippen LogP contribution in [0.25, 0.3) is 124 Å². The van der Waals surface area contributed by atoms with Gasteiger partial charge in [0.25, 0.3) is 0 Å². The predicted octanol–water partition coefficient (Wildman–Crippen LogP) is 14.5. The Balaban J connectivity index is 1.29. The lowest BCUT2D eigenvalue weighted by Gasteiger charge is -2.16. The average molecular weight is 728 g/mol. The first-order valence-electron chi connectivity index (χ1n) is 19.1. The fourth-order valence-corrected chi connectivity index (χ4v) is 10.7.